The van der Waals surface area contributed by atoms with Crippen molar-refractivity contribution in [3.05, 3.63) is 41.7 Å². The van der Waals surface area contributed by atoms with Crippen LogP contribution in [0.2, 0.25) is 5.02 Å². The van der Waals surface area contributed by atoms with E-state index in [1.54, 1.807) is 18.5 Å². The minimum absolute atomic E-state index is 0.0713. The van der Waals surface area contributed by atoms with Crippen molar-refractivity contribution in [2.24, 2.45) is 5.73 Å². The van der Waals surface area contributed by atoms with E-state index in [1.807, 2.05) is 6.07 Å². The summed E-state index contributed by atoms with van der Waals surface area (Å²) in [6.45, 7) is 3.62. The van der Waals surface area contributed by atoms with E-state index in [2.05, 4.69) is 11.6 Å². The molecule has 1 aromatic heterocycles. The molecule has 0 aliphatic carbocycles. The minimum Gasteiger partial charge on any atom is -0.324 e. The Morgan fingerprint density at radius 2 is 2.50 bits per heavy atom. The van der Waals surface area contributed by atoms with Gasteiger partial charge in [0.1, 0.15) is 0 Å². The van der Waals surface area contributed by atoms with Crippen LogP contribution in [0.5, 0.6) is 0 Å². The highest BCUT2D eigenvalue weighted by Crippen LogP contribution is 2.21. The van der Waals surface area contributed by atoms with Gasteiger partial charge in [-0.15, -0.1) is 6.58 Å². The second-order valence-corrected chi connectivity index (χ2v) is 2.94. The molecule has 0 saturated carbocycles. The molecule has 64 valence electrons. The quantitative estimate of drug-likeness (QED) is 0.729. The Labute approximate surface area is 77.1 Å². The summed E-state index contributed by atoms with van der Waals surface area (Å²) in [5.74, 6) is 0. The average Bonchev–Trinajstić information content (AvgIpc) is 2.05. The molecule has 2 nitrogen and oxygen atoms in total. The largest absolute Gasteiger partial charge is 0.324 e. The summed E-state index contributed by atoms with van der Waals surface area (Å²) >= 11 is 5.88. The number of halogens is 1. The van der Waals surface area contributed by atoms with Gasteiger partial charge in [-0.2, -0.15) is 0 Å². The molecule has 0 spiro atoms. The van der Waals surface area contributed by atoms with Gasteiger partial charge in [-0.05, 0) is 18.1 Å². The molecule has 0 radical (unpaired) electrons. The van der Waals surface area contributed by atoms with E-state index < -0.39 is 0 Å². The molecule has 0 aliphatic rings. The molecule has 2 N–H and O–H groups in total. The number of rotatable bonds is 3. The topological polar surface area (TPSA) is 38.9 Å². The Morgan fingerprint density at radius 3 is 3.08 bits per heavy atom. The molecular formula is C9H11ClN2. The highest BCUT2D eigenvalue weighted by atomic mass is 35.5. The van der Waals surface area contributed by atoms with Crippen LogP contribution in [0.1, 0.15) is 18.0 Å². The van der Waals surface area contributed by atoms with Crippen LogP contribution in [0, 0.1) is 0 Å². The van der Waals surface area contributed by atoms with E-state index in [4.69, 9.17) is 17.3 Å². The van der Waals surface area contributed by atoms with Gasteiger partial charge in [0.05, 0.1) is 5.02 Å². The summed E-state index contributed by atoms with van der Waals surface area (Å²) in [5, 5.41) is 0.617. The van der Waals surface area contributed by atoms with Crippen LogP contribution in [0.3, 0.4) is 0 Å². The highest BCUT2D eigenvalue weighted by Gasteiger charge is 2.07. The van der Waals surface area contributed by atoms with E-state index in [9.17, 15) is 0 Å². The Hall–Kier alpha value is -0.860. The summed E-state index contributed by atoms with van der Waals surface area (Å²) in [6, 6.07) is 1.76. The fraction of sp³-hybridized carbons (Fsp3) is 0.222. The molecule has 0 saturated heterocycles. The van der Waals surface area contributed by atoms with Crippen molar-refractivity contribution in [1.29, 1.82) is 0 Å². The average molecular weight is 183 g/mol. The molecule has 0 fully saturated rings. The number of nitrogens with zero attached hydrogens (tertiary/aromatic N) is 1. The Morgan fingerprint density at radius 1 is 1.75 bits per heavy atom. The molecule has 0 bridgehead atoms. The van der Waals surface area contributed by atoms with Crippen molar-refractivity contribution >= 4 is 11.6 Å². The standard InChI is InChI=1S/C9H11ClN2/c1-2-3-9(11)7-4-5-12-6-8(7)10/h2,4-6,9H,1,3,11H2. The number of hydrogen-bond acceptors (Lipinski definition) is 2. The third-order valence-electron chi connectivity index (χ3n) is 1.62. The molecule has 12 heavy (non-hydrogen) atoms. The smallest absolute Gasteiger partial charge is 0.0637 e. The van der Waals surface area contributed by atoms with Crippen molar-refractivity contribution in [3.63, 3.8) is 0 Å². The molecule has 1 rings (SSSR count). The van der Waals surface area contributed by atoms with Crippen LogP contribution in [0.25, 0.3) is 0 Å². The van der Waals surface area contributed by atoms with Crippen molar-refractivity contribution in [2.45, 2.75) is 12.5 Å². The first-order valence-electron chi connectivity index (χ1n) is 3.71. The summed E-state index contributed by atoms with van der Waals surface area (Å²) in [6.07, 6.45) is 5.79. The Bertz CT molecular complexity index is 273. The summed E-state index contributed by atoms with van der Waals surface area (Å²) in [5.41, 5.74) is 6.75. The van der Waals surface area contributed by atoms with Gasteiger partial charge in [-0.25, -0.2) is 0 Å². The lowest BCUT2D eigenvalue weighted by atomic mass is 10.1. The highest BCUT2D eigenvalue weighted by molar-refractivity contribution is 6.31. The summed E-state index contributed by atoms with van der Waals surface area (Å²) in [7, 11) is 0. The third kappa shape index (κ3) is 2.06. The lowest BCUT2D eigenvalue weighted by Gasteiger charge is -2.09. The SMILES string of the molecule is C=CCC(N)c1ccncc1Cl. The van der Waals surface area contributed by atoms with Gasteiger partial charge in [0.25, 0.3) is 0 Å². The van der Waals surface area contributed by atoms with Crippen LogP contribution in [-0.4, -0.2) is 4.98 Å². The van der Waals surface area contributed by atoms with Crippen LogP contribution in [-0.2, 0) is 0 Å². The predicted molar refractivity (Wildman–Crippen MR) is 51.0 cm³/mol. The zero-order chi connectivity index (χ0) is 8.97. The summed E-state index contributed by atoms with van der Waals surface area (Å²) in [4.78, 5) is 3.87. The Balaban J connectivity index is 2.86. The van der Waals surface area contributed by atoms with Gasteiger partial charge >= 0.3 is 0 Å². The first kappa shape index (κ1) is 9.23. The summed E-state index contributed by atoms with van der Waals surface area (Å²) < 4.78 is 0. The molecule has 1 atom stereocenters. The van der Waals surface area contributed by atoms with Gasteiger partial charge in [-0.3, -0.25) is 4.98 Å². The second kappa shape index (κ2) is 4.24. The second-order valence-electron chi connectivity index (χ2n) is 2.53. The molecule has 1 aromatic rings. The number of nitrogens with two attached hydrogens (primary N) is 1. The maximum absolute atomic E-state index is 5.88. The van der Waals surface area contributed by atoms with Crippen LogP contribution in [0.15, 0.2) is 31.1 Å². The van der Waals surface area contributed by atoms with Crippen molar-refractivity contribution < 1.29 is 0 Å². The zero-order valence-electron chi connectivity index (χ0n) is 6.70. The third-order valence-corrected chi connectivity index (χ3v) is 1.94. The fourth-order valence-electron chi connectivity index (χ4n) is 0.993. The minimum atomic E-state index is -0.0713. The zero-order valence-corrected chi connectivity index (χ0v) is 7.46. The van der Waals surface area contributed by atoms with Gasteiger partial charge in [0.15, 0.2) is 0 Å². The van der Waals surface area contributed by atoms with E-state index in [1.165, 1.54) is 0 Å². The maximum atomic E-state index is 5.88. The first-order chi connectivity index (χ1) is 5.75. The normalized spacial score (nSPS) is 12.5. The molecular weight excluding hydrogens is 172 g/mol. The monoisotopic (exact) mass is 182 g/mol. The molecule has 0 aromatic carbocycles. The van der Waals surface area contributed by atoms with E-state index in [-0.39, 0.29) is 6.04 Å². The van der Waals surface area contributed by atoms with Crippen LogP contribution in [0.4, 0.5) is 0 Å². The van der Waals surface area contributed by atoms with Crippen LogP contribution >= 0.6 is 11.6 Å². The van der Waals surface area contributed by atoms with Gasteiger partial charge in [-0.1, -0.05) is 17.7 Å². The fourth-order valence-corrected chi connectivity index (χ4v) is 1.25. The first-order valence-corrected chi connectivity index (χ1v) is 4.09. The number of aromatic nitrogens is 1. The predicted octanol–water partition coefficient (Wildman–Crippen LogP) is 2.31. The molecule has 1 heterocycles. The molecule has 0 aliphatic heterocycles. The van der Waals surface area contributed by atoms with E-state index in [0.717, 1.165) is 12.0 Å². The van der Waals surface area contributed by atoms with Crippen molar-refractivity contribution in [1.82, 2.24) is 4.98 Å². The molecule has 1 unspecified atom stereocenters. The van der Waals surface area contributed by atoms with Crippen LogP contribution < -0.4 is 5.73 Å². The molecule has 0 amide bonds. The number of pyridine rings is 1. The lowest BCUT2D eigenvalue weighted by molar-refractivity contribution is 0.740. The van der Waals surface area contributed by atoms with Crippen molar-refractivity contribution in [3.8, 4) is 0 Å². The van der Waals surface area contributed by atoms with Gasteiger partial charge < -0.3 is 5.73 Å². The van der Waals surface area contributed by atoms with E-state index in [0.29, 0.717) is 5.02 Å². The Kier molecular flexibility index (Phi) is 3.26. The maximum Gasteiger partial charge on any atom is 0.0637 e. The number of hydrogen-bond donors (Lipinski definition) is 1. The van der Waals surface area contributed by atoms with Gasteiger partial charge in [0.2, 0.25) is 0 Å². The van der Waals surface area contributed by atoms with Gasteiger partial charge in [0, 0.05) is 18.4 Å². The van der Waals surface area contributed by atoms with E-state index >= 15 is 0 Å². The molecule has 3 heteroatoms. The van der Waals surface area contributed by atoms with Crippen molar-refractivity contribution in [2.75, 3.05) is 0 Å². The lowest BCUT2D eigenvalue weighted by Crippen LogP contribution is -2.09.